The topological polar surface area (TPSA) is 34.9 Å². The molecule has 0 saturated heterocycles. The molecule has 0 N–H and O–H groups in total. The van der Waals surface area contributed by atoms with E-state index in [9.17, 15) is 4.79 Å². The maximum atomic E-state index is 11.3. The number of rotatable bonds is 4. The molecule has 3 nitrogen and oxygen atoms in total. The van der Waals surface area contributed by atoms with Crippen molar-refractivity contribution in [3.8, 4) is 0 Å². The lowest BCUT2D eigenvalue weighted by atomic mass is 10.2. The van der Waals surface area contributed by atoms with Gasteiger partial charge >= 0.3 is 0 Å². The Bertz CT molecular complexity index is 294. The number of alkyl halides is 1. The van der Waals surface area contributed by atoms with Gasteiger partial charge in [0, 0.05) is 12.7 Å². The number of carbonyl (C=O) groups excluding carboxylic acids is 1. The van der Waals surface area contributed by atoms with Crippen LogP contribution in [0.4, 0.5) is 0 Å². The van der Waals surface area contributed by atoms with Gasteiger partial charge in [0.25, 0.3) is 0 Å². The molecule has 0 spiro atoms. The van der Waals surface area contributed by atoms with Gasteiger partial charge in [0.15, 0.2) is 5.78 Å². The molecule has 13 heavy (non-hydrogen) atoms. The van der Waals surface area contributed by atoms with Crippen molar-refractivity contribution in [3.63, 3.8) is 0 Å². The Hall–Kier alpha value is -0.830. The summed E-state index contributed by atoms with van der Waals surface area (Å²) in [6.45, 7) is 4.91. The summed E-state index contributed by atoms with van der Waals surface area (Å²) < 4.78 is 1.70. The Kier molecular flexibility index (Phi) is 3.48. The molecule has 0 radical (unpaired) electrons. The maximum absolute atomic E-state index is 11.3. The van der Waals surface area contributed by atoms with E-state index >= 15 is 0 Å². The van der Waals surface area contributed by atoms with Gasteiger partial charge in [0.05, 0.1) is 5.88 Å². The summed E-state index contributed by atoms with van der Waals surface area (Å²) in [5.41, 5.74) is 0.601. The molecule has 0 aromatic carbocycles. The number of carbonyl (C=O) groups is 1. The monoisotopic (exact) mass is 200 g/mol. The lowest BCUT2D eigenvalue weighted by molar-refractivity contribution is 0.101. The number of halogens is 1. The van der Waals surface area contributed by atoms with Gasteiger partial charge in [-0.05, 0) is 12.0 Å². The highest BCUT2D eigenvalue weighted by molar-refractivity contribution is 6.30. The minimum absolute atomic E-state index is 0.0176. The zero-order valence-corrected chi connectivity index (χ0v) is 8.58. The molecule has 1 aromatic heterocycles. The van der Waals surface area contributed by atoms with Crippen molar-refractivity contribution in [2.45, 2.75) is 20.4 Å². The fourth-order valence-corrected chi connectivity index (χ4v) is 1.27. The Morgan fingerprint density at radius 2 is 2.38 bits per heavy atom. The fourth-order valence-electron chi connectivity index (χ4n) is 1.13. The number of ketones is 1. The maximum Gasteiger partial charge on any atom is 0.195 e. The van der Waals surface area contributed by atoms with Crippen LogP contribution in [0.5, 0.6) is 0 Å². The Morgan fingerprint density at radius 3 is 2.92 bits per heavy atom. The van der Waals surface area contributed by atoms with Gasteiger partial charge < -0.3 is 0 Å². The van der Waals surface area contributed by atoms with Gasteiger partial charge in [-0.2, -0.15) is 5.10 Å². The quantitative estimate of drug-likeness (QED) is 0.550. The first-order chi connectivity index (χ1) is 6.15. The largest absolute Gasteiger partial charge is 0.291 e. The normalized spacial score (nSPS) is 10.8. The molecule has 0 aliphatic carbocycles. The molecule has 1 heterocycles. The van der Waals surface area contributed by atoms with Crippen LogP contribution in [0, 0.1) is 5.92 Å². The van der Waals surface area contributed by atoms with Gasteiger partial charge in [-0.3, -0.25) is 9.48 Å². The van der Waals surface area contributed by atoms with E-state index < -0.39 is 0 Å². The highest BCUT2D eigenvalue weighted by Gasteiger charge is 2.10. The molecule has 0 bridgehead atoms. The fraction of sp³-hybridized carbons (Fsp3) is 0.556. The van der Waals surface area contributed by atoms with Gasteiger partial charge in [-0.1, -0.05) is 13.8 Å². The highest BCUT2D eigenvalue weighted by Crippen LogP contribution is 2.05. The first-order valence-electron chi connectivity index (χ1n) is 4.26. The first kappa shape index (κ1) is 10.3. The molecular weight excluding hydrogens is 188 g/mol. The second kappa shape index (κ2) is 4.42. The third kappa shape index (κ3) is 2.56. The molecule has 72 valence electrons. The molecule has 0 amide bonds. The molecule has 0 unspecified atom stereocenters. The molecular formula is C9H13ClN2O. The number of Topliss-reactive ketones (excluding diaryl/α,β-unsaturated/α-hetero) is 1. The number of nitrogens with zero attached hydrogens (tertiary/aromatic N) is 2. The van der Waals surface area contributed by atoms with Crippen molar-refractivity contribution < 1.29 is 4.79 Å². The van der Waals surface area contributed by atoms with E-state index in [2.05, 4.69) is 18.9 Å². The minimum Gasteiger partial charge on any atom is -0.291 e. The minimum atomic E-state index is -0.0696. The van der Waals surface area contributed by atoms with E-state index in [-0.39, 0.29) is 11.7 Å². The van der Waals surface area contributed by atoms with Crippen LogP contribution in [-0.4, -0.2) is 21.4 Å². The van der Waals surface area contributed by atoms with Crippen LogP contribution in [0.15, 0.2) is 12.3 Å². The van der Waals surface area contributed by atoms with Crippen LogP contribution in [0.1, 0.15) is 24.3 Å². The Morgan fingerprint density at radius 1 is 1.69 bits per heavy atom. The summed E-state index contributed by atoms with van der Waals surface area (Å²) in [5, 5.41) is 4.06. The van der Waals surface area contributed by atoms with Crippen molar-refractivity contribution in [3.05, 3.63) is 18.0 Å². The van der Waals surface area contributed by atoms with Gasteiger partial charge in [0.2, 0.25) is 0 Å². The molecule has 1 rings (SSSR count). The van der Waals surface area contributed by atoms with Gasteiger partial charge in [-0.25, -0.2) is 0 Å². The predicted octanol–water partition coefficient (Wildman–Crippen LogP) is 1.96. The van der Waals surface area contributed by atoms with Gasteiger partial charge in [-0.15, -0.1) is 11.6 Å². The second-order valence-electron chi connectivity index (χ2n) is 3.35. The summed E-state index contributed by atoms with van der Waals surface area (Å²) in [5.74, 6) is 0.422. The van der Waals surface area contributed by atoms with E-state index in [1.165, 1.54) is 0 Å². The van der Waals surface area contributed by atoms with E-state index in [0.29, 0.717) is 11.6 Å². The van der Waals surface area contributed by atoms with Crippen LogP contribution < -0.4 is 0 Å². The summed E-state index contributed by atoms with van der Waals surface area (Å²) in [4.78, 5) is 11.3. The third-order valence-electron chi connectivity index (χ3n) is 1.66. The lowest BCUT2D eigenvalue weighted by Crippen LogP contribution is -2.14. The highest BCUT2D eigenvalue weighted by atomic mass is 35.5. The van der Waals surface area contributed by atoms with Crippen molar-refractivity contribution in [1.29, 1.82) is 0 Å². The van der Waals surface area contributed by atoms with E-state index in [1.807, 2.05) is 0 Å². The summed E-state index contributed by atoms with van der Waals surface area (Å²) in [6, 6.07) is 1.70. The van der Waals surface area contributed by atoms with Crippen molar-refractivity contribution in [2.75, 3.05) is 5.88 Å². The van der Waals surface area contributed by atoms with Gasteiger partial charge in [0.1, 0.15) is 5.69 Å². The first-order valence-corrected chi connectivity index (χ1v) is 4.79. The van der Waals surface area contributed by atoms with E-state index in [0.717, 1.165) is 6.54 Å². The van der Waals surface area contributed by atoms with Crippen LogP contribution in [0.2, 0.25) is 0 Å². The molecule has 0 aliphatic rings. The zero-order chi connectivity index (χ0) is 9.84. The average Bonchev–Trinajstić information content (AvgIpc) is 2.50. The molecule has 1 aromatic rings. The van der Waals surface area contributed by atoms with Crippen LogP contribution in [0.25, 0.3) is 0 Å². The molecule has 0 atom stereocenters. The zero-order valence-electron chi connectivity index (χ0n) is 7.83. The molecule has 0 fully saturated rings. The molecule has 0 saturated carbocycles. The second-order valence-corrected chi connectivity index (χ2v) is 3.62. The average molecular weight is 201 g/mol. The van der Waals surface area contributed by atoms with Crippen LogP contribution in [-0.2, 0) is 6.54 Å². The number of aromatic nitrogens is 2. The lowest BCUT2D eigenvalue weighted by Gasteiger charge is -2.07. The summed E-state index contributed by atoms with van der Waals surface area (Å²) in [6.07, 6.45) is 1.63. The summed E-state index contributed by atoms with van der Waals surface area (Å²) in [7, 11) is 0. The van der Waals surface area contributed by atoms with Crippen LogP contribution >= 0.6 is 11.6 Å². The van der Waals surface area contributed by atoms with Crippen molar-refractivity contribution >= 4 is 17.4 Å². The Balaban J connectivity index is 2.83. The van der Waals surface area contributed by atoms with Crippen molar-refractivity contribution in [2.24, 2.45) is 5.92 Å². The predicted molar refractivity (Wildman–Crippen MR) is 52.1 cm³/mol. The third-order valence-corrected chi connectivity index (χ3v) is 1.90. The standard InChI is InChI=1S/C9H13ClN2O/c1-7(2)6-12-8(3-4-11-12)9(13)5-10/h3-4,7H,5-6H2,1-2H3. The number of hydrogen-bond acceptors (Lipinski definition) is 2. The smallest absolute Gasteiger partial charge is 0.195 e. The number of hydrogen-bond donors (Lipinski definition) is 0. The molecule has 4 heteroatoms. The van der Waals surface area contributed by atoms with Crippen LogP contribution in [0.3, 0.4) is 0 Å². The van der Waals surface area contributed by atoms with E-state index in [1.54, 1.807) is 16.9 Å². The van der Waals surface area contributed by atoms with Crippen molar-refractivity contribution in [1.82, 2.24) is 9.78 Å². The Labute approximate surface area is 82.7 Å². The SMILES string of the molecule is CC(C)Cn1nccc1C(=O)CCl. The summed E-state index contributed by atoms with van der Waals surface area (Å²) >= 11 is 5.46. The molecule has 0 aliphatic heterocycles. The van der Waals surface area contributed by atoms with E-state index in [4.69, 9.17) is 11.6 Å².